The van der Waals surface area contributed by atoms with E-state index in [1.165, 1.54) is 37.5 Å². The summed E-state index contributed by atoms with van der Waals surface area (Å²) in [7, 11) is 1.32. The van der Waals surface area contributed by atoms with Crippen LogP contribution < -0.4 is 9.47 Å². The quantitative estimate of drug-likeness (QED) is 0.103. The first-order valence-corrected chi connectivity index (χ1v) is 17.0. The van der Waals surface area contributed by atoms with Crippen molar-refractivity contribution in [3.05, 3.63) is 47.2 Å². The third-order valence-corrected chi connectivity index (χ3v) is 9.69. The monoisotopic (exact) mass is 788 g/mol. The molecule has 4 heterocycles. The van der Waals surface area contributed by atoms with E-state index in [4.69, 9.17) is 37.9 Å². The van der Waals surface area contributed by atoms with Crippen molar-refractivity contribution >= 4 is 6.08 Å². The summed E-state index contributed by atoms with van der Waals surface area (Å²) >= 11 is 0. The smallest absolute Gasteiger partial charge is 0.228 e. The van der Waals surface area contributed by atoms with Gasteiger partial charge in [0.25, 0.3) is 0 Å². The summed E-state index contributed by atoms with van der Waals surface area (Å²) in [6.45, 7) is -2.06. The van der Waals surface area contributed by atoms with Crippen LogP contribution in [0, 0.1) is 0 Å². The van der Waals surface area contributed by atoms with E-state index in [0.29, 0.717) is 5.56 Å². The summed E-state index contributed by atoms with van der Waals surface area (Å²) in [5.41, 5.74) is 0.393. The number of methoxy groups -OCH3 is 1. The van der Waals surface area contributed by atoms with Gasteiger partial charge in [-0.05, 0) is 18.2 Å². The maximum absolute atomic E-state index is 10.9. The van der Waals surface area contributed by atoms with Crippen LogP contribution in [0.25, 0.3) is 6.08 Å². The topological polar surface area (TPSA) is 337 Å². The number of hydrogen-bond acceptors (Lipinski definition) is 21. The second-order valence-corrected chi connectivity index (χ2v) is 13.4. The lowest BCUT2D eigenvalue weighted by Crippen LogP contribution is -2.62. The molecule has 3 fully saturated rings. The summed E-state index contributed by atoms with van der Waals surface area (Å²) in [5, 5.41) is 135. The number of phenolic OH excluding ortho intramolecular Hbond substituents is 3. The Morgan fingerprint density at radius 3 is 1.69 bits per heavy atom. The van der Waals surface area contributed by atoms with Crippen LogP contribution in [0.3, 0.4) is 0 Å². The second kappa shape index (κ2) is 16.9. The molecule has 306 valence electrons. The fourth-order valence-corrected chi connectivity index (χ4v) is 6.49. The van der Waals surface area contributed by atoms with Gasteiger partial charge < -0.3 is 104 Å². The van der Waals surface area contributed by atoms with E-state index in [-0.39, 0.29) is 34.3 Å². The number of aliphatic hydroxyl groups excluding tert-OH is 10. The molecule has 16 unspecified atom stereocenters. The van der Waals surface area contributed by atoms with Crippen molar-refractivity contribution in [1.29, 1.82) is 0 Å². The van der Waals surface area contributed by atoms with E-state index in [9.17, 15) is 66.4 Å². The van der Waals surface area contributed by atoms with Gasteiger partial charge in [-0.25, -0.2) is 0 Å². The zero-order chi connectivity index (χ0) is 39.9. The third-order valence-electron chi connectivity index (χ3n) is 9.69. The number of ether oxygens (including phenoxy) is 8. The SMILES string of the molecule is COc1cc(C2Oc3cc(O)cc(O)c3C=C2OC2OC(COC3OC(COC4OC(CO)C(O)C(O)C4O)C(O)C(O)C3O)C(O)C(O)C2O)ccc1O. The minimum Gasteiger partial charge on any atom is -0.508 e. The number of benzene rings is 2. The summed E-state index contributed by atoms with van der Waals surface area (Å²) in [5.74, 6) is -0.939. The average Bonchev–Trinajstić information content (AvgIpc) is 3.16. The van der Waals surface area contributed by atoms with Crippen LogP contribution in [0.2, 0.25) is 0 Å². The molecule has 21 nitrogen and oxygen atoms in total. The van der Waals surface area contributed by atoms with Crippen molar-refractivity contribution in [2.45, 2.75) is 98.2 Å². The van der Waals surface area contributed by atoms with Crippen molar-refractivity contribution in [1.82, 2.24) is 0 Å². The van der Waals surface area contributed by atoms with Crippen LogP contribution in [0.15, 0.2) is 36.1 Å². The first-order chi connectivity index (χ1) is 26.1. The van der Waals surface area contributed by atoms with Gasteiger partial charge in [0.15, 0.2) is 30.2 Å². The van der Waals surface area contributed by atoms with Crippen LogP contribution in [0.4, 0.5) is 0 Å². The van der Waals surface area contributed by atoms with Gasteiger partial charge in [-0.2, -0.15) is 0 Å². The molecule has 0 saturated carbocycles. The molecule has 2 aromatic carbocycles. The van der Waals surface area contributed by atoms with Crippen molar-refractivity contribution in [2.75, 3.05) is 26.9 Å². The molecule has 0 aromatic heterocycles. The molecule has 0 aliphatic carbocycles. The van der Waals surface area contributed by atoms with Gasteiger partial charge in [0.1, 0.15) is 96.3 Å². The second-order valence-electron chi connectivity index (χ2n) is 13.4. The summed E-state index contributed by atoms with van der Waals surface area (Å²) in [4.78, 5) is 0. The molecule has 4 aliphatic heterocycles. The first kappa shape index (κ1) is 41.0. The van der Waals surface area contributed by atoms with Crippen LogP contribution in [0.5, 0.6) is 28.7 Å². The predicted octanol–water partition coefficient (Wildman–Crippen LogP) is -4.25. The van der Waals surface area contributed by atoms with E-state index in [0.717, 1.165) is 6.07 Å². The largest absolute Gasteiger partial charge is 0.508 e. The Bertz CT molecular complexity index is 1660. The van der Waals surface area contributed by atoms with Gasteiger partial charge in [-0.3, -0.25) is 0 Å². The molecule has 4 aliphatic rings. The number of aliphatic hydroxyl groups is 10. The van der Waals surface area contributed by atoms with Gasteiger partial charge in [0.05, 0.1) is 32.5 Å². The Morgan fingerprint density at radius 1 is 0.600 bits per heavy atom. The lowest BCUT2D eigenvalue weighted by atomic mass is 9.97. The van der Waals surface area contributed by atoms with Crippen molar-refractivity contribution < 1.29 is 104 Å². The Morgan fingerprint density at radius 2 is 1.13 bits per heavy atom. The third kappa shape index (κ3) is 8.27. The highest BCUT2D eigenvalue weighted by Crippen LogP contribution is 2.45. The zero-order valence-corrected chi connectivity index (χ0v) is 28.9. The predicted molar refractivity (Wildman–Crippen MR) is 176 cm³/mol. The molecule has 0 bridgehead atoms. The highest BCUT2D eigenvalue weighted by Gasteiger charge is 2.50. The molecule has 0 spiro atoms. The van der Waals surface area contributed by atoms with Gasteiger partial charge in [-0.1, -0.05) is 6.07 Å². The molecule has 13 N–H and O–H groups in total. The molecule has 21 heteroatoms. The molecular weight excluding hydrogens is 744 g/mol. The summed E-state index contributed by atoms with van der Waals surface area (Å²) in [6.07, 6.45) is -25.6. The van der Waals surface area contributed by atoms with Crippen molar-refractivity contribution in [2.24, 2.45) is 0 Å². The van der Waals surface area contributed by atoms with Crippen molar-refractivity contribution in [3.63, 3.8) is 0 Å². The Balaban J connectivity index is 1.16. The normalized spacial score (nSPS) is 39.1. The lowest BCUT2D eigenvalue weighted by Gasteiger charge is -2.44. The van der Waals surface area contributed by atoms with Crippen LogP contribution >= 0.6 is 0 Å². The Kier molecular flexibility index (Phi) is 12.6. The molecule has 2 aromatic rings. The van der Waals surface area contributed by atoms with Gasteiger partial charge in [-0.15, -0.1) is 0 Å². The summed E-state index contributed by atoms with van der Waals surface area (Å²) in [6, 6.07) is 6.47. The minimum absolute atomic E-state index is 0.0315. The molecule has 3 saturated heterocycles. The zero-order valence-electron chi connectivity index (χ0n) is 28.9. The maximum Gasteiger partial charge on any atom is 0.228 e. The van der Waals surface area contributed by atoms with Crippen molar-refractivity contribution in [3.8, 4) is 28.7 Å². The molecular formula is C34H44O21. The minimum atomic E-state index is -1.91. The van der Waals surface area contributed by atoms with Gasteiger partial charge in [0, 0.05) is 17.7 Å². The molecule has 55 heavy (non-hydrogen) atoms. The fraction of sp³-hybridized carbons (Fsp3) is 0.588. The standard InChI is InChI=1S/C34H44O21/c1-48-17-4-11(2-3-14(17)37)31-18(7-13-15(38)5-12(36)6-16(13)51-31)52-34-30(47)27(44)24(41)21(55-34)10-50-33-29(46)26(43)23(40)20(54-33)9-49-32-28(45)25(42)22(39)19(8-35)53-32/h2-7,19-47H,8-10H2,1H3. The van der Waals surface area contributed by atoms with Gasteiger partial charge >= 0.3 is 0 Å². The number of aromatic hydroxyl groups is 3. The first-order valence-electron chi connectivity index (χ1n) is 17.0. The number of hydrogen-bond donors (Lipinski definition) is 13. The molecule has 6 rings (SSSR count). The number of fused-ring (bicyclic) bond motifs is 1. The molecule has 16 atom stereocenters. The highest BCUT2D eigenvalue weighted by molar-refractivity contribution is 5.70. The summed E-state index contributed by atoms with van der Waals surface area (Å²) < 4.78 is 44.9. The number of rotatable bonds is 11. The lowest BCUT2D eigenvalue weighted by molar-refractivity contribution is -0.341. The van der Waals surface area contributed by atoms with E-state index < -0.39 is 124 Å². The van der Waals surface area contributed by atoms with E-state index in [1.807, 2.05) is 0 Å². The maximum atomic E-state index is 10.9. The number of phenols is 3. The van der Waals surface area contributed by atoms with Crippen LogP contribution in [-0.4, -0.2) is 185 Å². The Labute approximate surface area is 311 Å². The van der Waals surface area contributed by atoms with E-state index in [2.05, 4.69) is 0 Å². The van der Waals surface area contributed by atoms with E-state index >= 15 is 0 Å². The average molecular weight is 789 g/mol. The molecule has 0 radical (unpaired) electrons. The fourth-order valence-electron chi connectivity index (χ4n) is 6.49. The van der Waals surface area contributed by atoms with Crippen LogP contribution in [-0.2, 0) is 28.4 Å². The van der Waals surface area contributed by atoms with E-state index in [1.54, 1.807) is 0 Å². The van der Waals surface area contributed by atoms with Gasteiger partial charge in [0.2, 0.25) is 6.29 Å². The molecule has 0 amide bonds. The Hall–Kier alpha value is -3.62. The highest BCUT2D eigenvalue weighted by atomic mass is 16.7. The van der Waals surface area contributed by atoms with Crippen LogP contribution in [0.1, 0.15) is 17.2 Å².